The van der Waals surface area contributed by atoms with Gasteiger partial charge in [-0.3, -0.25) is 19.6 Å². The second-order valence-electron chi connectivity index (χ2n) is 6.28. The van der Waals surface area contributed by atoms with Crippen LogP contribution in [0, 0.1) is 0 Å². The van der Waals surface area contributed by atoms with E-state index in [1.807, 2.05) is 12.1 Å². The molecule has 0 atom stereocenters. The van der Waals surface area contributed by atoms with E-state index in [2.05, 4.69) is 31.0 Å². The van der Waals surface area contributed by atoms with Gasteiger partial charge in [-0.1, -0.05) is 12.1 Å². The van der Waals surface area contributed by atoms with Crippen LogP contribution < -0.4 is 10.9 Å². The van der Waals surface area contributed by atoms with E-state index in [-0.39, 0.29) is 11.8 Å². The van der Waals surface area contributed by atoms with Crippen molar-refractivity contribution in [3.63, 3.8) is 0 Å². The summed E-state index contributed by atoms with van der Waals surface area (Å²) in [7, 11) is 0. The minimum Gasteiger partial charge on any atom is -0.267 e. The lowest BCUT2D eigenvalue weighted by atomic mass is 10.1. The Labute approximate surface area is 173 Å². The summed E-state index contributed by atoms with van der Waals surface area (Å²) in [6, 6.07) is 17.1. The summed E-state index contributed by atoms with van der Waals surface area (Å²) in [4.78, 5) is 32.9. The first-order valence-electron chi connectivity index (χ1n) is 9.17. The molecule has 0 fully saturated rings. The van der Waals surface area contributed by atoms with Crippen LogP contribution in [0.5, 0.6) is 0 Å². The summed E-state index contributed by atoms with van der Waals surface area (Å²) >= 11 is 0. The molecule has 8 nitrogen and oxygen atoms in total. The number of carbonyl (C=O) groups excluding carboxylic acids is 2. The highest BCUT2D eigenvalue weighted by atomic mass is 16.2. The molecule has 1 aromatic carbocycles. The van der Waals surface area contributed by atoms with E-state index in [1.54, 1.807) is 74.8 Å². The molecule has 0 saturated carbocycles. The minimum absolute atomic E-state index is 0.372. The van der Waals surface area contributed by atoms with E-state index < -0.39 is 0 Å². The summed E-state index contributed by atoms with van der Waals surface area (Å²) in [5.41, 5.74) is 8.23. The maximum absolute atomic E-state index is 12.3. The quantitative estimate of drug-likeness (QED) is 0.490. The molecular weight excluding hydrogens is 380 g/mol. The van der Waals surface area contributed by atoms with Gasteiger partial charge in [0.05, 0.1) is 22.8 Å². The normalized spacial score (nSPS) is 11.7. The van der Waals surface area contributed by atoms with Crippen molar-refractivity contribution < 1.29 is 9.59 Å². The van der Waals surface area contributed by atoms with Gasteiger partial charge in [0, 0.05) is 23.5 Å². The fourth-order valence-electron chi connectivity index (χ4n) is 2.44. The number of aromatic nitrogens is 2. The third kappa shape index (κ3) is 5.41. The van der Waals surface area contributed by atoms with Gasteiger partial charge in [-0.15, -0.1) is 0 Å². The standard InChI is InChI=1S/C22H20N6O2/c1-15(19-7-3-5-13-23-19)25-27-21(29)17-9-11-18(12-10-17)22(30)28-26-16(2)20-8-4-6-14-24-20/h3-14H,1-2H3,(H,27,29)(H,28,30). The van der Waals surface area contributed by atoms with Crippen molar-refractivity contribution in [1.82, 2.24) is 20.8 Å². The molecular formula is C22H20N6O2. The number of hydrazone groups is 2. The van der Waals surface area contributed by atoms with Crippen LogP contribution in [0.4, 0.5) is 0 Å². The molecule has 0 bridgehead atoms. The smallest absolute Gasteiger partial charge is 0.267 e. The molecule has 2 aromatic heterocycles. The predicted molar refractivity (Wildman–Crippen MR) is 114 cm³/mol. The lowest BCUT2D eigenvalue weighted by molar-refractivity contribution is 0.0943. The minimum atomic E-state index is -0.388. The molecule has 0 radical (unpaired) electrons. The molecule has 150 valence electrons. The maximum atomic E-state index is 12.3. The SMILES string of the molecule is CC(=NNC(=O)c1ccc(C(=O)NN=C(C)c2ccccn2)cc1)c1ccccn1. The van der Waals surface area contributed by atoms with E-state index in [0.717, 1.165) is 0 Å². The van der Waals surface area contributed by atoms with Crippen LogP contribution in [0.25, 0.3) is 0 Å². The number of benzene rings is 1. The molecule has 0 aliphatic heterocycles. The average molecular weight is 400 g/mol. The summed E-state index contributed by atoms with van der Waals surface area (Å²) in [5.74, 6) is -0.775. The van der Waals surface area contributed by atoms with Gasteiger partial charge in [0.25, 0.3) is 11.8 Å². The Morgan fingerprint density at radius 2 is 1.07 bits per heavy atom. The van der Waals surface area contributed by atoms with Gasteiger partial charge >= 0.3 is 0 Å². The van der Waals surface area contributed by atoms with Gasteiger partial charge in [-0.05, 0) is 62.4 Å². The number of pyridine rings is 2. The predicted octanol–water partition coefficient (Wildman–Crippen LogP) is 2.78. The number of amides is 2. The zero-order valence-electron chi connectivity index (χ0n) is 16.5. The molecule has 3 aromatic rings. The molecule has 8 heteroatoms. The highest BCUT2D eigenvalue weighted by Gasteiger charge is 2.09. The number of hydrogen-bond acceptors (Lipinski definition) is 6. The van der Waals surface area contributed by atoms with Crippen LogP contribution in [0.2, 0.25) is 0 Å². The van der Waals surface area contributed by atoms with Crippen LogP contribution in [-0.2, 0) is 0 Å². The maximum Gasteiger partial charge on any atom is 0.271 e. The van der Waals surface area contributed by atoms with E-state index in [9.17, 15) is 9.59 Å². The first-order valence-corrected chi connectivity index (χ1v) is 9.17. The molecule has 0 aliphatic rings. The van der Waals surface area contributed by atoms with Crippen molar-refractivity contribution in [2.45, 2.75) is 13.8 Å². The first-order chi connectivity index (χ1) is 14.5. The molecule has 2 N–H and O–H groups in total. The largest absolute Gasteiger partial charge is 0.271 e. The average Bonchev–Trinajstić information content (AvgIpc) is 2.81. The molecule has 0 spiro atoms. The van der Waals surface area contributed by atoms with Gasteiger partial charge in [-0.25, -0.2) is 10.9 Å². The Hall–Kier alpha value is -4.20. The van der Waals surface area contributed by atoms with E-state index >= 15 is 0 Å². The lowest BCUT2D eigenvalue weighted by Gasteiger charge is -2.05. The van der Waals surface area contributed by atoms with Crippen molar-refractivity contribution >= 4 is 23.2 Å². The highest BCUT2D eigenvalue weighted by molar-refractivity contribution is 6.01. The van der Waals surface area contributed by atoms with Crippen LogP contribution >= 0.6 is 0 Å². The van der Waals surface area contributed by atoms with Gasteiger partial charge in [-0.2, -0.15) is 10.2 Å². The van der Waals surface area contributed by atoms with Crippen LogP contribution in [-0.4, -0.2) is 33.2 Å². The second kappa shape index (κ2) is 9.83. The molecule has 3 rings (SSSR count). The molecule has 0 saturated heterocycles. The van der Waals surface area contributed by atoms with Gasteiger partial charge in [0.1, 0.15) is 0 Å². The summed E-state index contributed by atoms with van der Waals surface area (Å²) in [5, 5.41) is 8.12. The van der Waals surface area contributed by atoms with Crippen LogP contribution in [0.15, 0.2) is 83.3 Å². The zero-order chi connectivity index (χ0) is 21.3. The third-order valence-corrected chi connectivity index (χ3v) is 4.13. The van der Waals surface area contributed by atoms with Gasteiger partial charge < -0.3 is 0 Å². The Morgan fingerprint density at radius 3 is 1.40 bits per heavy atom. The topological polar surface area (TPSA) is 109 Å². The molecule has 2 heterocycles. The number of hydrogen-bond donors (Lipinski definition) is 2. The first kappa shape index (κ1) is 20.5. The Balaban J connectivity index is 1.60. The summed E-state index contributed by atoms with van der Waals surface area (Å²) < 4.78 is 0. The molecule has 0 unspecified atom stereocenters. The van der Waals surface area contributed by atoms with Gasteiger partial charge in [0.2, 0.25) is 0 Å². The van der Waals surface area contributed by atoms with E-state index in [4.69, 9.17) is 0 Å². The Kier molecular flexibility index (Phi) is 6.73. The summed E-state index contributed by atoms with van der Waals surface area (Å²) in [6.07, 6.45) is 3.31. The zero-order valence-corrected chi connectivity index (χ0v) is 16.5. The lowest BCUT2D eigenvalue weighted by Crippen LogP contribution is -2.21. The van der Waals surface area contributed by atoms with Crippen molar-refractivity contribution in [2.24, 2.45) is 10.2 Å². The van der Waals surface area contributed by atoms with Crippen molar-refractivity contribution in [3.05, 3.63) is 95.6 Å². The monoisotopic (exact) mass is 400 g/mol. The fraction of sp³-hybridized carbons (Fsp3) is 0.0909. The Bertz CT molecular complexity index is 989. The number of nitrogens with zero attached hydrogens (tertiary/aromatic N) is 4. The van der Waals surface area contributed by atoms with Crippen molar-refractivity contribution in [3.8, 4) is 0 Å². The molecule has 2 amide bonds. The van der Waals surface area contributed by atoms with Crippen molar-refractivity contribution in [1.29, 1.82) is 0 Å². The summed E-state index contributed by atoms with van der Waals surface area (Å²) in [6.45, 7) is 3.51. The molecule has 30 heavy (non-hydrogen) atoms. The van der Waals surface area contributed by atoms with E-state index in [0.29, 0.717) is 33.9 Å². The fourth-order valence-corrected chi connectivity index (χ4v) is 2.44. The van der Waals surface area contributed by atoms with E-state index in [1.165, 1.54) is 0 Å². The van der Waals surface area contributed by atoms with Crippen molar-refractivity contribution in [2.75, 3.05) is 0 Å². The van der Waals surface area contributed by atoms with Crippen LogP contribution in [0.1, 0.15) is 46.0 Å². The van der Waals surface area contributed by atoms with Crippen LogP contribution in [0.3, 0.4) is 0 Å². The number of nitrogens with one attached hydrogen (secondary N) is 2. The second-order valence-corrected chi connectivity index (χ2v) is 6.28. The molecule has 0 aliphatic carbocycles. The number of rotatable bonds is 6. The third-order valence-electron chi connectivity index (χ3n) is 4.13. The number of carbonyl (C=O) groups is 2. The van der Waals surface area contributed by atoms with Gasteiger partial charge in [0.15, 0.2) is 0 Å². The highest BCUT2D eigenvalue weighted by Crippen LogP contribution is 2.05. The Morgan fingerprint density at radius 1 is 0.667 bits per heavy atom.